The van der Waals surface area contributed by atoms with Gasteiger partial charge >= 0.3 is 0 Å². The minimum absolute atomic E-state index is 0.110. The van der Waals surface area contributed by atoms with E-state index >= 15 is 0 Å². The van der Waals surface area contributed by atoms with Gasteiger partial charge in [-0.2, -0.15) is 10.4 Å². The molecule has 1 aromatic heterocycles. The lowest BCUT2D eigenvalue weighted by Gasteiger charge is -2.22. The Morgan fingerprint density at radius 3 is 3.14 bits per heavy atom. The number of H-pyrrole nitrogens is 1. The van der Waals surface area contributed by atoms with Crippen molar-refractivity contribution in [1.82, 2.24) is 15.1 Å². The average Bonchev–Trinajstić information content (AvgIpc) is 2.59. The fourth-order valence-corrected chi connectivity index (χ4v) is 1.87. The topological polar surface area (TPSA) is 55.7 Å². The molecule has 4 nitrogen and oxygen atoms in total. The minimum Gasteiger partial charge on any atom is -0.302 e. The molecule has 0 aliphatic carbocycles. The van der Waals surface area contributed by atoms with Crippen LogP contribution in [0.2, 0.25) is 0 Å². The van der Waals surface area contributed by atoms with Crippen molar-refractivity contribution in [1.29, 1.82) is 5.26 Å². The summed E-state index contributed by atoms with van der Waals surface area (Å²) in [5, 5.41) is 16.1. The third-order valence-corrected chi connectivity index (χ3v) is 2.76. The zero-order valence-corrected chi connectivity index (χ0v) is 8.54. The van der Waals surface area contributed by atoms with E-state index in [-0.39, 0.29) is 5.92 Å². The van der Waals surface area contributed by atoms with Crippen LogP contribution in [0.5, 0.6) is 0 Å². The molecule has 0 fully saturated rings. The SMILES string of the molecule is CC(C#N)c1n[nH]c2c1CN(C)CC2. The van der Waals surface area contributed by atoms with Crippen LogP contribution in [0.15, 0.2) is 0 Å². The molecule has 1 aliphatic rings. The molecular weight excluding hydrogens is 176 g/mol. The second kappa shape index (κ2) is 3.43. The molecule has 0 saturated heterocycles. The van der Waals surface area contributed by atoms with E-state index in [2.05, 4.69) is 28.2 Å². The summed E-state index contributed by atoms with van der Waals surface area (Å²) in [6.45, 7) is 3.87. The fourth-order valence-electron chi connectivity index (χ4n) is 1.87. The Labute approximate surface area is 83.5 Å². The lowest BCUT2D eigenvalue weighted by Crippen LogP contribution is -2.26. The van der Waals surface area contributed by atoms with E-state index < -0.39 is 0 Å². The van der Waals surface area contributed by atoms with E-state index in [4.69, 9.17) is 5.26 Å². The predicted molar refractivity (Wildman–Crippen MR) is 52.7 cm³/mol. The van der Waals surface area contributed by atoms with Crippen LogP contribution < -0.4 is 0 Å². The number of likely N-dealkylation sites (N-methyl/N-ethyl adjacent to an activating group) is 1. The smallest absolute Gasteiger partial charge is 0.0878 e. The van der Waals surface area contributed by atoms with Gasteiger partial charge in [0, 0.05) is 30.8 Å². The number of rotatable bonds is 1. The maximum absolute atomic E-state index is 8.86. The second-order valence-corrected chi connectivity index (χ2v) is 3.90. The predicted octanol–water partition coefficient (Wildman–Crippen LogP) is 1.02. The van der Waals surface area contributed by atoms with E-state index in [1.807, 2.05) is 6.92 Å². The van der Waals surface area contributed by atoms with Gasteiger partial charge in [0.2, 0.25) is 0 Å². The van der Waals surface area contributed by atoms with Gasteiger partial charge in [0.05, 0.1) is 17.7 Å². The van der Waals surface area contributed by atoms with Crippen LogP contribution in [-0.2, 0) is 13.0 Å². The summed E-state index contributed by atoms with van der Waals surface area (Å²) in [5.74, 6) is -0.110. The van der Waals surface area contributed by atoms with Gasteiger partial charge in [-0.15, -0.1) is 0 Å². The van der Waals surface area contributed by atoms with Gasteiger partial charge in [0.25, 0.3) is 0 Å². The average molecular weight is 190 g/mol. The molecule has 14 heavy (non-hydrogen) atoms. The van der Waals surface area contributed by atoms with Crippen LogP contribution in [0, 0.1) is 11.3 Å². The highest BCUT2D eigenvalue weighted by Gasteiger charge is 2.22. The fraction of sp³-hybridized carbons (Fsp3) is 0.600. The molecule has 1 unspecified atom stereocenters. The molecule has 2 heterocycles. The Hall–Kier alpha value is -1.34. The quantitative estimate of drug-likeness (QED) is 0.719. The molecule has 1 atom stereocenters. The molecule has 1 N–H and O–H groups in total. The highest BCUT2D eigenvalue weighted by atomic mass is 15.2. The highest BCUT2D eigenvalue weighted by molar-refractivity contribution is 5.32. The number of aromatic amines is 1. The van der Waals surface area contributed by atoms with Gasteiger partial charge in [0.1, 0.15) is 0 Å². The zero-order valence-electron chi connectivity index (χ0n) is 8.54. The van der Waals surface area contributed by atoms with E-state index in [1.165, 1.54) is 11.3 Å². The van der Waals surface area contributed by atoms with Crippen LogP contribution in [-0.4, -0.2) is 28.7 Å². The summed E-state index contributed by atoms with van der Waals surface area (Å²) in [4.78, 5) is 2.26. The summed E-state index contributed by atoms with van der Waals surface area (Å²) >= 11 is 0. The lowest BCUT2D eigenvalue weighted by molar-refractivity contribution is 0.310. The molecule has 0 radical (unpaired) electrons. The molecule has 0 amide bonds. The van der Waals surface area contributed by atoms with Crippen LogP contribution in [0.3, 0.4) is 0 Å². The highest BCUT2D eigenvalue weighted by Crippen LogP contribution is 2.24. The van der Waals surface area contributed by atoms with Crippen LogP contribution in [0.25, 0.3) is 0 Å². The van der Waals surface area contributed by atoms with Gasteiger partial charge < -0.3 is 4.90 Å². The van der Waals surface area contributed by atoms with Crippen molar-refractivity contribution in [2.45, 2.75) is 25.8 Å². The van der Waals surface area contributed by atoms with E-state index in [0.29, 0.717) is 0 Å². The number of fused-ring (bicyclic) bond motifs is 1. The number of nitrogens with one attached hydrogen (secondary N) is 1. The van der Waals surface area contributed by atoms with Crippen molar-refractivity contribution in [3.8, 4) is 6.07 Å². The van der Waals surface area contributed by atoms with Crippen LogP contribution in [0.4, 0.5) is 0 Å². The molecule has 0 aromatic carbocycles. The summed E-state index contributed by atoms with van der Waals surface area (Å²) < 4.78 is 0. The molecule has 0 spiro atoms. The molecule has 1 aliphatic heterocycles. The standard InChI is InChI=1S/C10H14N4/c1-7(5-11)10-8-6-14(2)4-3-9(8)12-13-10/h7H,3-4,6H2,1-2H3,(H,12,13). The monoisotopic (exact) mass is 190 g/mol. The Bertz CT molecular complexity index is 374. The van der Waals surface area contributed by atoms with Crippen molar-refractivity contribution >= 4 is 0 Å². The molecular formula is C10H14N4. The van der Waals surface area contributed by atoms with Crippen LogP contribution in [0.1, 0.15) is 29.8 Å². The van der Waals surface area contributed by atoms with E-state index in [1.54, 1.807) is 0 Å². The second-order valence-electron chi connectivity index (χ2n) is 3.90. The van der Waals surface area contributed by atoms with Crippen molar-refractivity contribution < 1.29 is 0 Å². The van der Waals surface area contributed by atoms with E-state index in [0.717, 1.165) is 25.2 Å². The Kier molecular flexibility index (Phi) is 2.26. The molecule has 1 aromatic rings. The Balaban J connectivity index is 2.36. The van der Waals surface area contributed by atoms with Gasteiger partial charge in [-0.05, 0) is 14.0 Å². The number of hydrogen-bond acceptors (Lipinski definition) is 3. The van der Waals surface area contributed by atoms with Gasteiger partial charge in [-0.1, -0.05) is 0 Å². The van der Waals surface area contributed by atoms with Gasteiger partial charge in [0.15, 0.2) is 0 Å². The lowest BCUT2D eigenvalue weighted by atomic mass is 9.99. The van der Waals surface area contributed by atoms with Crippen molar-refractivity contribution in [3.63, 3.8) is 0 Å². The third-order valence-electron chi connectivity index (χ3n) is 2.76. The summed E-state index contributed by atoms with van der Waals surface area (Å²) in [5.41, 5.74) is 3.36. The molecule has 74 valence electrons. The first-order valence-corrected chi connectivity index (χ1v) is 4.86. The van der Waals surface area contributed by atoms with Crippen LogP contribution >= 0.6 is 0 Å². The molecule has 0 bridgehead atoms. The third kappa shape index (κ3) is 1.40. The number of nitriles is 1. The summed E-state index contributed by atoms with van der Waals surface area (Å²) in [6, 6.07) is 2.23. The number of aromatic nitrogens is 2. The number of nitrogens with zero attached hydrogens (tertiary/aromatic N) is 3. The first kappa shape index (κ1) is 9.22. The van der Waals surface area contributed by atoms with E-state index in [9.17, 15) is 0 Å². The van der Waals surface area contributed by atoms with Gasteiger partial charge in [-0.25, -0.2) is 0 Å². The molecule has 0 saturated carbocycles. The maximum Gasteiger partial charge on any atom is 0.0878 e. The summed E-state index contributed by atoms with van der Waals surface area (Å²) in [6.07, 6.45) is 1.01. The largest absolute Gasteiger partial charge is 0.302 e. The van der Waals surface area contributed by atoms with Crippen molar-refractivity contribution in [2.75, 3.05) is 13.6 Å². The van der Waals surface area contributed by atoms with Crippen molar-refractivity contribution in [2.24, 2.45) is 0 Å². The zero-order chi connectivity index (χ0) is 10.1. The normalized spacial score (nSPS) is 18.6. The minimum atomic E-state index is -0.110. The molecule has 4 heteroatoms. The number of hydrogen-bond donors (Lipinski definition) is 1. The molecule has 2 rings (SSSR count). The maximum atomic E-state index is 8.86. The van der Waals surface area contributed by atoms with Crippen molar-refractivity contribution in [3.05, 3.63) is 17.0 Å². The summed E-state index contributed by atoms with van der Waals surface area (Å²) in [7, 11) is 2.09. The Morgan fingerprint density at radius 1 is 1.64 bits per heavy atom. The first-order valence-electron chi connectivity index (χ1n) is 4.86. The van der Waals surface area contributed by atoms with Gasteiger partial charge in [-0.3, -0.25) is 5.10 Å². The Morgan fingerprint density at radius 2 is 2.43 bits per heavy atom. The first-order chi connectivity index (χ1) is 6.72.